The normalized spacial score (nSPS) is 10.0. The standard InChI is InChI=1S/C14H19NO3/c1-5-6-15-14(17)13(16)11-7-9(2)10(3)8-12(11)18-4/h7-8H,5-6H2,1-4H3,(H,15,17). The van der Waals surface area contributed by atoms with Crippen LogP contribution in [-0.4, -0.2) is 25.3 Å². The van der Waals surface area contributed by atoms with Crippen LogP contribution in [0.15, 0.2) is 12.1 Å². The van der Waals surface area contributed by atoms with Gasteiger partial charge in [0.2, 0.25) is 0 Å². The minimum atomic E-state index is -0.585. The molecule has 0 radical (unpaired) electrons. The zero-order valence-electron chi connectivity index (χ0n) is 11.3. The third-order valence-corrected chi connectivity index (χ3v) is 2.80. The van der Waals surface area contributed by atoms with Gasteiger partial charge < -0.3 is 10.1 Å². The van der Waals surface area contributed by atoms with Crippen LogP contribution in [0.25, 0.3) is 0 Å². The molecule has 1 N–H and O–H groups in total. The van der Waals surface area contributed by atoms with Crippen LogP contribution >= 0.6 is 0 Å². The molecular weight excluding hydrogens is 230 g/mol. The zero-order chi connectivity index (χ0) is 13.7. The molecule has 4 nitrogen and oxygen atoms in total. The number of nitrogens with one attached hydrogen (secondary N) is 1. The van der Waals surface area contributed by atoms with Crippen molar-refractivity contribution in [1.82, 2.24) is 5.32 Å². The molecule has 1 aromatic carbocycles. The number of hydrogen-bond donors (Lipinski definition) is 1. The fourth-order valence-corrected chi connectivity index (χ4v) is 1.58. The van der Waals surface area contributed by atoms with E-state index in [0.717, 1.165) is 17.5 Å². The Morgan fingerprint density at radius 3 is 2.39 bits per heavy atom. The van der Waals surface area contributed by atoms with Gasteiger partial charge in [0.1, 0.15) is 5.75 Å². The van der Waals surface area contributed by atoms with Gasteiger partial charge in [-0.05, 0) is 43.5 Å². The molecule has 0 unspecified atom stereocenters. The van der Waals surface area contributed by atoms with E-state index in [0.29, 0.717) is 17.9 Å². The van der Waals surface area contributed by atoms with Gasteiger partial charge in [-0.15, -0.1) is 0 Å². The highest BCUT2D eigenvalue weighted by atomic mass is 16.5. The van der Waals surface area contributed by atoms with E-state index in [2.05, 4.69) is 5.32 Å². The number of carbonyl (C=O) groups excluding carboxylic acids is 2. The van der Waals surface area contributed by atoms with Gasteiger partial charge in [-0.25, -0.2) is 0 Å². The Balaban J connectivity index is 3.04. The van der Waals surface area contributed by atoms with Gasteiger partial charge in [-0.1, -0.05) is 6.92 Å². The molecule has 0 heterocycles. The second kappa shape index (κ2) is 6.19. The molecule has 0 aliphatic rings. The first-order valence-electron chi connectivity index (χ1n) is 5.99. The number of rotatable bonds is 5. The van der Waals surface area contributed by atoms with Crippen molar-refractivity contribution in [1.29, 1.82) is 0 Å². The smallest absolute Gasteiger partial charge is 0.292 e. The van der Waals surface area contributed by atoms with Gasteiger partial charge >= 0.3 is 0 Å². The van der Waals surface area contributed by atoms with E-state index in [1.165, 1.54) is 7.11 Å². The fourth-order valence-electron chi connectivity index (χ4n) is 1.58. The van der Waals surface area contributed by atoms with Crippen molar-refractivity contribution in [2.75, 3.05) is 13.7 Å². The molecule has 98 valence electrons. The quantitative estimate of drug-likeness (QED) is 0.641. The van der Waals surface area contributed by atoms with Gasteiger partial charge in [0, 0.05) is 6.54 Å². The molecule has 0 spiro atoms. The molecule has 0 aliphatic heterocycles. The first-order chi connectivity index (χ1) is 8.51. The Morgan fingerprint density at radius 1 is 1.22 bits per heavy atom. The number of ether oxygens (including phenoxy) is 1. The van der Waals surface area contributed by atoms with Gasteiger partial charge in [-0.2, -0.15) is 0 Å². The highest BCUT2D eigenvalue weighted by Gasteiger charge is 2.20. The molecule has 0 aromatic heterocycles. The lowest BCUT2D eigenvalue weighted by molar-refractivity contribution is -0.117. The van der Waals surface area contributed by atoms with Gasteiger partial charge in [0.15, 0.2) is 0 Å². The van der Waals surface area contributed by atoms with Crippen molar-refractivity contribution in [3.8, 4) is 5.75 Å². The summed E-state index contributed by atoms with van der Waals surface area (Å²) in [5.74, 6) is -0.698. The van der Waals surface area contributed by atoms with Gasteiger partial charge in [0.25, 0.3) is 11.7 Å². The summed E-state index contributed by atoms with van der Waals surface area (Å²) in [5, 5.41) is 2.57. The number of carbonyl (C=O) groups is 2. The topological polar surface area (TPSA) is 55.4 Å². The van der Waals surface area contributed by atoms with Crippen LogP contribution in [0.3, 0.4) is 0 Å². The predicted octanol–water partition coefficient (Wildman–Crippen LogP) is 2.02. The van der Waals surface area contributed by atoms with Crippen LogP contribution in [0.2, 0.25) is 0 Å². The maximum absolute atomic E-state index is 12.0. The van der Waals surface area contributed by atoms with E-state index in [9.17, 15) is 9.59 Å². The largest absolute Gasteiger partial charge is 0.496 e. The third-order valence-electron chi connectivity index (χ3n) is 2.80. The van der Waals surface area contributed by atoms with Crippen LogP contribution in [0.5, 0.6) is 5.75 Å². The number of ketones is 1. The van der Waals surface area contributed by atoms with Crippen LogP contribution in [0, 0.1) is 13.8 Å². The van der Waals surface area contributed by atoms with Crippen molar-refractivity contribution in [2.45, 2.75) is 27.2 Å². The Morgan fingerprint density at radius 2 is 1.83 bits per heavy atom. The van der Waals surface area contributed by atoms with Crippen molar-refractivity contribution >= 4 is 11.7 Å². The summed E-state index contributed by atoms with van der Waals surface area (Å²) in [4.78, 5) is 23.7. The lowest BCUT2D eigenvalue weighted by Gasteiger charge is -2.10. The van der Waals surface area contributed by atoms with E-state index in [4.69, 9.17) is 4.74 Å². The predicted molar refractivity (Wildman–Crippen MR) is 70.1 cm³/mol. The summed E-state index contributed by atoms with van der Waals surface area (Å²) < 4.78 is 5.16. The van der Waals surface area contributed by atoms with Crippen molar-refractivity contribution in [3.63, 3.8) is 0 Å². The number of aryl methyl sites for hydroxylation is 2. The summed E-state index contributed by atoms with van der Waals surface area (Å²) >= 11 is 0. The minimum absolute atomic E-state index is 0.314. The van der Waals surface area contributed by atoms with E-state index >= 15 is 0 Å². The van der Waals surface area contributed by atoms with Crippen LogP contribution in [-0.2, 0) is 4.79 Å². The molecule has 0 saturated carbocycles. The lowest BCUT2D eigenvalue weighted by Crippen LogP contribution is -2.31. The Hall–Kier alpha value is -1.84. The van der Waals surface area contributed by atoms with Crippen LogP contribution in [0.4, 0.5) is 0 Å². The van der Waals surface area contributed by atoms with E-state index in [1.54, 1.807) is 12.1 Å². The van der Waals surface area contributed by atoms with Crippen molar-refractivity contribution < 1.29 is 14.3 Å². The second-order valence-corrected chi connectivity index (χ2v) is 4.22. The third kappa shape index (κ3) is 3.09. The number of benzene rings is 1. The number of amides is 1. The Labute approximate surface area is 107 Å². The molecular formula is C14H19NO3. The van der Waals surface area contributed by atoms with Gasteiger partial charge in [0.05, 0.1) is 12.7 Å². The van der Waals surface area contributed by atoms with E-state index in [-0.39, 0.29) is 0 Å². The first kappa shape index (κ1) is 14.2. The summed E-state index contributed by atoms with van der Waals surface area (Å²) in [5.41, 5.74) is 2.30. The summed E-state index contributed by atoms with van der Waals surface area (Å²) in [6, 6.07) is 3.47. The molecule has 18 heavy (non-hydrogen) atoms. The van der Waals surface area contributed by atoms with Crippen molar-refractivity contribution in [3.05, 3.63) is 28.8 Å². The molecule has 0 bridgehead atoms. The number of hydrogen-bond acceptors (Lipinski definition) is 3. The molecule has 0 fully saturated rings. The fraction of sp³-hybridized carbons (Fsp3) is 0.429. The highest BCUT2D eigenvalue weighted by Crippen LogP contribution is 2.23. The molecule has 1 amide bonds. The monoisotopic (exact) mass is 249 g/mol. The molecule has 0 aliphatic carbocycles. The maximum Gasteiger partial charge on any atom is 0.292 e. The van der Waals surface area contributed by atoms with E-state index in [1.807, 2.05) is 20.8 Å². The van der Waals surface area contributed by atoms with Gasteiger partial charge in [-0.3, -0.25) is 9.59 Å². The number of Topliss-reactive ketones (excluding diaryl/α,β-unsaturated/α-hetero) is 1. The lowest BCUT2D eigenvalue weighted by atomic mass is 10.0. The molecule has 1 rings (SSSR count). The first-order valence-corrected chi connectivity index (χ1v) is 5.99. The van der Waals surface area contributed by atoms with Crippen molar-refractivity contribution in [2.24, 2.45) is 0 Å². The SMILES string of the molecule is CCCNC(=O)C(=O)c1cc(C)c(C)cc1OC. The molecule has 1 aromatic rings. The Bertz CT molecular complexity index is 466. The average Bonchev–Trinajstić information content (AvgIpc) is 2.37. The Kier molecular flexibility index (Phi) is 4.89. The number of methoxy groups -OCH3 is 1. The average molecular weight is 249 g/mol. The second-order valence-electron chi connectivity index (χ2n) is 4.22. The van der Waals surface area contributed by atoms with Crippen LogP contribution in [0.1, 0.15) is 34.8 Å². The summed E-state index contributed by atoms with van der Waals surface area (Å²) in [7, 11) is 1.49. The van der Waals surface area contributed by atoms with E-state index < -0.39 is 11.7 Å². The minimum Gasteiger partial charge on any atom is -0.496 e. The zero-order valence-corrected chi connectivity index (χ0v) is 11.3. The molecule has 0 atom stereocenters. The summed E-state index contributed by atoms with van der Waals surface area (Å²) in [6.07, 6.45) is 0.795. The highest BCUT2D eigenvalue weighted by molar-refractivity contribution is 6.43. The van der Waals surface area contributed by atoms with Crippen LogP contribution < -0.4 is 10.1 Å². The summed E-state index contributed by atoms with van der Waals surface area (Å²) in [6.45, 7) is 6.26. The molecule has 0 saturated heterocycles. The molecule has 4 heteroatoms. The maximum atomic E-state index is 12.0.